The van der Waals surface area contributed by atoms with Crippen LogP contribution in [0.4, 0.5) is 24.5 Å². The minimum Gasteiger partial charge on any atom is -0.379 e. The first-order chi connectivity index (χ1) is 25.1. The number of hydrogen-bond donors (Lipinski definition) is 2. The van der Waals surface area contributed by atoms with Crippen molar-refractivity contribution in [3.8, 4) is 11.3 Å². The van der Waals surface area contributed by atoms with Crippen LogP contribution in [0.1, 0.15) is 56.9 Å². The smallest absolute Gasteiger partial charge is 0.379 e. The summed E-state index contributed by atoms with van der Waals surface area (Å²) < 4.78 is 45.1. The molecule has 0 bridgehead atoms. The second-order valence-corrected chi connectivity index (χ2v) is 13.2. The summed E-state index contributed by atoms with van der Waals surface area (Å²) in [4.78, 5) is 43.0. The number of carbonyl (C=O) groups excluding carboxylic acids is 2. The number of ether oxygens (including phenoxy) is 1. The van der Waals surface area contributed by atoms with Gasteiger partial charge in [-0.15, -0.1) is 0 Å². The summed E-state index contributed by atoms with van der Waals surface area (Å²) >= 11 is 0. The van der Waals surface area contributed by atoms with Crippen molar-refractivity contribution < 1.29 is 27.5 Å². The molecule has 2 aromatic heterocycles. The average Bonchev–Trinajstić information content (AvgIpc) is 3.17. The van der Waals surface area contributed by atoms with Crippen LogP contribution < -0.4 is 15.5 Å². The van der Waals surface area contributed by atoms with Gasteiger partial charge in [0.1, 0.15) is 5.69 Å². The van der Waals surface area contributed by atoms with Gasteiger partial charge in [-0.1, -0.05) is 18.2 Å². The molecule has 52 heavy (non-hydrogen) atoms. The summed E-state index contributed by atoms with van der Waals surface area (Å²) in [5.41, 5.74) is 3.47. The number of carbonyl (C=O) groups is 2. The fraction of sp³-hybridized carbons (Fsp3) is 0.385. The van der Waals surface area contributed by atoms with E-state index in [2.05, 4.69) is 35.3 Å². The van der Waals surface area contributed by atoms with Gasteiger partial charge < -0.3 is 20.3 Å². The van der Waals surface area contributed by atoms with E-state index in [1.54, 1.807) is 18.2 Å². The van der Waals surface area contributed by atoms with Crippen LogP contribution in [0.15, 0.2) is 79.0 Å². The molecule has 0 aliphatic carbocycles. The molecular formula is C39H44F3N7O3. The Morgan fingerprint density at radius 1 is 0.904 bits per heavy atom. The predicted molar refractivity (Wildman–Crippen MR) is 194 cm³/mol. The summed E-state index contributed by atoms with van der Waals surface area (Å²) in [6.07, 6.45) is 0.366. The van der Waals surface area contributed by atoms with E-state index in [4.69, 9.17) is 4.74 Å². The Morgan fingerprint density at radius 2 is 1.69 bits per heavy atom. The maximum Gasteiger partial charge on any atom is 0.416 e. The largest absolute Gasteiger partial charge is 0.416 e. The van der Waals surface area contributed by atoms with Crippen LogP contribution in [-0.4, -0.2) is 91.1 Å². The Kier molecular flexibility index (Phi) is 12.2. The molecule has 4 heterocycles. The topological polar surface area (TPSA) is 103 Å². The molecule has 0 atom stereocenters. The van der Waals surface area contributed by atoms with Gasteiger partial charge in [0, 0.05) is 75.4 Å². The first kappa shape index (κ1) is 36.9. The summed E-state index contributed by atoms with van der Waals surface area (Å²) in [5.74, 6) is -0.838. The van der Waals surface area contributed by atoms with E-state index in [9.17, 15) is 22.8 Å². The second kappa shape index (κ2) is 17.1. The number of halogens is 3. The molecule has 2 N–H and O–H groups in total. The highest BCUT2D eigenvalue weighted by Crippen LogP contribution is 2.33. The first-order valence-electron chi connectivity index (χ1n) is 17.7. The third kappa shape index (κ3) is 9.93. The molecule has 4 aromatic rings. The molecule has 2 saturated heterocycles. The number of likely N-dealkylation sites (N-methyl/N-ethyl adjacent to an activating group) is 1. The van der Waals surface area contributed by atoms with Gasteiger partial charge in [-0.3, -0.25) is 24.4 Å². The van der Waals surface area contributed by atoms with Gasteiger partial charge in [0.25, 0.3) is 11.8 Å². The lowest BCUT2D eigenvalue weighted by Crippen LogP contribution is -2.40. The van der Waals surface area contributed by atoms with Crippen LogP contribution in [0.2, 0.25) is 0 Å². The van der Waals surface area contributed by atoms with Crippen LogP contribution in [0, 0.1) is 0 Å². The molecule has 0 radical (unpaired) electrons. The van der Waals surface area contributed by atoms with Gasteiger partial charge in [0.15, 0.2) is 0 Å². The number of aromatic nitrogens is 2. The molecule has 2 fully saturated rings. The number of hydrogen-bond acceptors (Lipinski definition) is 8. The number of pyridine rings is 2. The van der Waals surface area contributed by atoms with Gasteiger partial charge in [-0.05, 0) is 86.5 Å². The standard InChI is InChI=1S/C39H44F3N7O3/c1-47(17-18-48-19-21-52-22-20-48)27-31-9-6-10-35(45-31)38(51)46-34-12-11-32(49-15-3-2-4-16-49)25-33(34)36-24-29(13-14-43-36)37(50)44-26-28-7-5-8-30(23-28)39(40,41)42/h5-14,23-25H,2-4,15-22,26-27H2,1H3,(H,44,50)(H,46,51). The van der Waals surface area contributed by atoms with E-state index in [0.29, 0.717) is 29.1 Å². The molecule has 2 amide bonds. The van der Waals surface area contributed by atoms with Gasteiger partial charge in [0.2, 0.25) is 0 Å². The summed E-state index contributed by atoms with van der Waals surface area (Å²) in [5, 5.41) is 5.75. The Labute approximate surface area is 302 Å². The number of anilines is 2. The molecule has 2 aliphatic rings. The summed E-state index contributed by atoms with van der Waals surface area (Å²) in [6, 6.07) is 19.3. The predicted octanol–water partition coefficient (Wildman–Crippen LogP) is 6.10. The molecule has 13 heteroatoms. The normalized spacial score (nSPS) is 15.4. The highest BCUT2D eigenvalue weighted by atomic mass is 19.4. The molecule has 0 saturated carbocycles. The number of morpholine rings is 1. The molecule has 274 valence electrons. The number of nitrogens with one attached hydrogen (secondary N) is 2. The Balaban J connectivity index is 1.18. The van der Waals surface area contributed by atoms with Gasteiger partial charge in [-0.25, -0.2) is 4.98 Å². The zero-order chi connectivity index (χ0) is 36.5. The number of alkyl halides is 3. The highest BCUT2D eigenvalue weighted by Gasteiger charge is 2.30. The zero-order valence-electron chi connectivity index (χ0n) is 29.3. The minimum absolute atomic E-state index is 0.0815. The van der Waals surface area contributed by atoms with Gasteiger partial charge >= 0.3 is 6.18 Å². The lowest BCUT2D eigenvalue weighted by molar-refractivity contribution is -0.137. The number of amides is 2. The van der Waals surface area contributed by atoms with Crippen LogP contribution in [0.25, 0.3) is 11.3 Å². The third-order valence-corrected chi connectivity index (χ3v) is 9.35. The highest BCUT2D eigenvalue weighted by molar-refractivity contribution is 6.05. The number of piperidine rings is 1. The molecule has 2 aromatic carbocycles. The van der Waals surface area contributed by atoms with E-state index in [1.165, 1.54) is 24.8 Å². The van der Waals surface area contributed by atoms with Crippen LogP contribution in [0.3, 0.4) is 0 Å². The molecule has 0 unspecified atom stereocenters. The van der Waals surface area contributed by atoms with Crippen molar-refractivity contribution in [3.05, 3.63) is 107 Å². The summed E-state index contributed by atoms with van der Waals surface area (Å²) in [6.45, 7) is 7.50. The van der Waals surface area contributed by atoms with Crippen molar-refractivity contribution in [1.29, 1.82) is 0 Å². The van der Waals surface area contributed by atoms with Crippen molar-refractivity contribution in [2.24, 2.45) is 0 Å². The molecular weight excluding hydrogens is 671 g/mol. The molecule has 2 aliphatic heterocycles. The third-order valence-electron chi connectivity index (χ3n) is 9.35. The first-order valence-corrected chi connectivity index (χ1v) is 17.7. The van der Waals surface area contributed by atoms with Crippen LogP contribution in [0.5, 0.6) is 0 Å². The Hall–Kier alpha value is -4.85. The lowest BCUT2D eigenvalue weighted by atomic mass is 10.0. The Bertz CT molecular complexity index is 1840. The van der Waals surface area contributed by atoms with E-state index in [1.807, 2.05) is 37.4 Å². The van der Waals surface area contributed by atoms with E-state index >= 15 is 0 Å². The van der Waals surface area contributed by atoms with E-state index in [-0.39, 0.29) is 23.7 Å². The van der Waals surface area contributed by atoms with Crippen molar-refractivity contribution in [2.45, 2.75) is 38.5 Å². The SMILES string of the molecule is CN(CCN1CCOCC1)Cc1cccc(C(=O)Nc2ccc(N3CCCCC3)cc2-c2cc(C(=O)NCc3cccc(C(F)(F)F)c3)ccn2)n1. The van der Waals surface area contributed by atoms with Crippen molar-refractivity contribution >= 4 is 23.2 Å². The van der Waals surface area contributed by atoms with Crippen molar-refractivity contribution in [2.75, 3.05) is 69.7 Å². The van der Waals surface area contributed by atoms with Gasteiger partial charge in [0.05, 0.1) is 35.9 Å². The van der Waals surface area contributed by atoms with Crippen LogP contribution in [-0.2, 0) is 24.0 Å². The van der Waals surface area contributed by atoms with Gasteiger partial charge in [-0.2, -0.15) is 13.2 Å². The summed E-state index contributed by atoms with van der Waals surface area (Å²) in [7, 11) is 2.04. The Morgan fingerprint density at radius 3 is 2.48 bits per heavy atom. The quantitative estimate of drug-likeness (QED) is 0.182. The number of rotatable bonds is 12. The molecule has 6 rings (SSSR count). The zero-order valence-corrected chi connectivity index (χ0v) is 29.3. The maximum absolute atomic E-state index is 13.7. The molecule has 10 nitrogen and oxygen atoms in total. The number of benzene rings is 2. The second-order valence-electron chi connectivity index (χ2n) is 13.2. The lowest BCUT2D eigenvalue weighted by Gasteiger charge is -2.29. The monoisotopic (exact) mass is 715 g/mol. The fourth-order valence-corrected chi connectivity index (χ4v) is 6.44. The van der Waals surface area contributed by atoms with E-state index in [0.717, 1.165) is 88.8 Å². The average molecular weight is 716 g/mol. The van der Waals surface area contributed by atoms with Crippen molar-refractivity contribution in [1.82, 2.24) is 25.1 Å². The number of nitrogens with zero attached hydrogens (tertiary/aromatic N) is 5. The molecule has 0 spiro atoms. The maximum atomic E-state index is 13.7. The van der Waals surface area contributed by atoms with Crippen LogP contribution >= 0.6 is 0 Å². The van der Waals surface area contributed by atoms with E-state index < -0.39 is 17.6 Å². The van der Waals surface area contributed by atoms with Crippen molar-refractivity contribution in [3.63, 3.8) is 0 Å². The minimum atomic E-state index is -4.48. The fourth-order valence-electron chi connectivity index (χ4n) is 6.44.